The van der Waals surface area contributed by atoms with Crippen molar-refractivity contribution >= 4 is 29.5 Å². The first-order valence-electron chi connectivity index (χ1n) is 10.0. The normalized spacial score (nSPS) is 12.7. The number of ether oxygens (including phenoxy) is 1. The van der Waals surface area contributed by atoms with Crippen molar-refractivity contribution in [2.45, 2.75) is 51.8 Å². The van der Waals surface area contributed by atoms with E-state index >= 15 is 0 Å². The topological polar surface area (TPSA) is 111 Å². The van der Waals surface area contributed by atoms with Gasteiger partial charge in [0.25, 0.3) is 0 Å². The third kappa shape index (κ3) is 7.94. The number of hydrogen-bond acceptors (Lipinski definition) is 4. The number of carbonyl (C=O) groups is 3. The van der Waals surface area contributed by atoms with Gasteiger partial charge in [-0.15, -0.1) is 0 Å². The molecule has 8 heteroatoms. The minimum Gasteiger partial charge on any atom is -0.463 e. The molecule has 0 heterocycles. The predicted molar refractivity (Wildman–Crippen MR) is 119 cm³/mol. The molecule has 3 amide bonds. The van der Waals surface area contributed by atoms with Crippen molar-refractivity contribution < 1.29 is 19.1 Å². The van der Waals surface area contributed by atoms with E-state index in [-0.39, 0.29) is 24.9 Å². The summed E-state index contributed by atoms with van der Waals surface area (Å²) in [6, 6.07) is 12.4. The molecule has 31 heavy (non-hydrogen) atoms. The Morgan fingerprint density at radius 2 is 1.71 bits per heavy atom. The lowest BCUT2D eigenvalue weighted by molar-refractivity contribution is -0.148. The first kappa shape index (κ1) is 24.2. The van der Waals surface area contributed by atoms with E-state index in [2.05, 4.69) is 10.6 Å². The highest BCUT2D eigenvalue weighted by Gasteiger charge is 2.24. The molecule has 0 fully saturated rings. The van der Waals surface area contributed by atoms with Crippen LogP contribution in [-0.2, 0) is 14.3 Å². The fourth-order valence-corrected chi connectivity index (χ4v) is 3.49. The van der Waals surface area contributed by atoms with Gasteiger partial charge in [0.1, 0.15) is 0 Å². The molecule has 0 saturated heterocycles. The van der Waals surface area contributed by atoms with Crippen LogP contribution in [0.2, 0.25) is 5.02 Å². The molecule has 2 aromatic carbocycles. The zero-order valence-electron chi connectivity index (χ0n) is 17.9. The number of urea groups is 1. The molecule has 0 bridgehead atoms. The number of esters is 1. The minimum atomic E-state index is -0.734. The second-order valence-corrected chi connectivity index (χ2v) is 7.97. The molecule has 2 aromatic rings. The highest BCUT2D eigenvalue weighted by Crippen LogP contribution is 2.26. The fraction of sp³-hybridized carbons (Fsp3) is 0.348. The monoisotopic (exact) mass is 445 g/mol. The Kier molecular flexibility index (Phi) is 8.88. The number of benzene rings is 2. The Labute approximate surface area is 187 Å². The number of nitrogens with two attached hydrogens (primary N) is 1. The molecule has 0 spiro atoms. The number of amides is 3. The van der Waals surface area contributed by atoms with Crippen LogP contribution in [0.4, 0.5) is 4.79 Å². The SMILES string of the molecule is Cc1cccc([C@@H](CC(=O)N[C@@H](CC(=O)OC(C)C)c2ccccc2Cl)NC(N)=O)c1. The van der Waals surface area contributed by atoms with Crippen LogP contribution < -0.4 is 16.4 Å². The van der Waals surface area contributed by atoms with Gasteiger partial charge in [0.05, 0.1) is 31.0 Å². The third-order valence-corrected chi connectivity index (χ3v) is 4.85. The largest absolute Gasteiger partial charge is 0.463 e. The molecule has 0 unspecified atom stereocenters. The van der Waals surface area contributed by atoms with Gasteiger partial charge in [-0.3, -0.25) is 9.59 Å². The number of primary amides is 1. The summed E-state index contributed by atoms with van der Waals surface area (Å²) in [4.78, 5) is 36.6. The van der Waals surface area contributed by atoms with Gasteiger partial charge in [-0.2, -0.15) is 0 Å². The van der Waals surface area contributed by atoms with E-state index in [1.165, 1.54) is 0 Å². The van der Waals surface area contributed by atoms with Crippen LogP contribution in [-0.4, -0.2) is 24.0 Å². The Morgan fingerprint density at radius 1 is 1.00 bits per heavy atom. The minimum absolute atomic E-state index is 0.0629. The maximum absolute atomic E-state index is 12.9. The molecular formula is C23H28ClN3O4. The van der Waals surface area contributed by atoms with Crippen molar-refractivity contribution in [3.05, 3.63) is 70.2 Å². The van der Waals surface area contributed by atoms with E-state index in [9.17, 15) is 14.4 Å². The molecule has 0 radical (unpaired) electrons. The van der Waals surface area contributed by atoms with Crippen LogP contribution in [0.1, 0.15) is 55.5 Å². The number of hydrogen-bond donors (Lipinski definition) is 3. The summed E-state index contributed by atoms with van der Waals surface area (Å²) in [5, 5.41) is 5.88. The summed E-state index contributed by atoms with van der Waals surface area (Å²) in [6.45, 7) is 5.42. The van der Waals surface area contributed by atoms with Crippen molar-refractivity contribution in [2.24, 2.45) is 5.73 Å². The Balaban J connectivity index is 2.21. The second-order valence-electron chi connectivity index (χ2n) is 7.56. The van der Waals surface area contributed by atoms with E-state index in [1.807, 2.05) is 31.2 Å². The van der Waals surface area contributed by atoms with Gasteiger partial charge in [-0.1, -0.05) is 59.6 Å². The van der Waals surface area contributed by atoms with Gasteiger partial charge in [-0.25, -0.2) is 4.79 Å². The van der Waals surface area contributed by atoms with Crippen molar-refractivity contribution in [3.8, 4) is 0 Å². The summed E-state index contributed by atoms with van der Waals surface area (Å²) in [6.07, 6.45) is -0.418. The smallest absolute Gasteiger partial charge is 0.312 e. The average molecular weight is 446 g/mol. The zero-order chi connectivity index (χ0) is 23.0. The summed E-state index contributed by atoms with van der Waals surface area (Å²) in [5.74, 6) is -0.826. The highest BCUT2D eigenvalue weighted by atomic mass is 35.5. The first-order valence-corrected chi connectivity index (χ1v) is 10.4. The Hall–Kier alpha value is -3.06. The van der Waals surface area contributed by atoms with Crippen LogP contribution >= 0.6 is 11.6 Å². The lowest BCUT2D eigenvalue weighted by atomic mass is 10.00. The zero-order valence-corrected chi connectivity index (χ0v) is 18.6. The van der Waals surface area contributed by atoms with Gasteiger partial charge in [0.2, 0.25) is 5.91 Å². The van der Waals surface area contributed by atoms with Crippen LogP contribution in [0, 0.1) is 6.92 Å². The number of halogens is 1. The quantitative estimate of drug-likeness (QED) is 0.507. The molecule has 0 aliphatic heterocycles. The van der Waals surface area contributed by atoms with Gasteiger partial charge in [0, 0.05) is 5.02 Å². The standard InChI is InChI=1S/C23H28ClN3O4/c1-14(2)31-22(29)13-20(17-9-4-5-10-18(17)24)26-21(28)12-19(27-23(25)30)16-8-6-7-15(3)11-16/h4-11,14,19-20H,12-13H2,1-3H3,(H,26,28)(H3,25,27,30)/t19-,20+/m1/s1. The van der Waals surface area contributed by atoms with Crippen molar-refractivity contribution in [2.75, 3.05) is 0 Å². The van der Waals surface area contributed by atoms with Gasteiger partial charge in [0.15, 0.2) is 0 Å². The molecule has 7 nitrogen and oxygen atoms in total. The van der Waals surface area contributed by atoms with Crippen LogP contribution in [0.5, 0.6) is 0 Å². The second kappa shape index (κ2) is 11.4. The molecule has 0 saturated carbocycles. The molecule has 0 aliphatic rings. The summed E-state index contributed by atoms with van der Waals surface area (Å²) in [7, 11) is 0. The molecule has 0 aliphatic carbocycles. The first-order chi connectivity index (χ1) is 14.7. The summed E-state index contributed by atoms with van der Waals surface area (Å²) >= 11 is 6.30. The molecule has 166 valence electrons. The lowest BCUT2D eigenvalue weighted by Gasteiger charge is -2.23. The number of rotatable bonds is 9. The fourth-order valence-electron chi connectivity index (χ4n) is 3.22. The van der Waals surface area contributed by atoms with Gasteiger partial charge >= 0.3 is 12.0 Å². The van der Waals surface area contributed by atoms with E-state index in [0.29, 0.717) is 10.6 Å². The summed E-state index contributed by atoms with van der Waals surface area (Å²) in [5.41, 5.74) is 7.65. The van der Waals surface area contributed by atoms with E-state index in [0.717, 1.165) is 11.1 Å². The maximum Gasteiger partial charge on any atom is 0.312 e. The van der Waals surface area contributed by atoms with Crippen LogP contribution in [0.3, 0.4) is 0 Å². The third-order valence-electron chi connectivity index (χ3n) is 4.50. The molecule has 2 rings (SSSR count). The number of carbonyl (C=O) groups excluding carboxylic acids is 3. The van der Waals surface area contributed by atoms with Crippen LogP contribution in [0.15, 0.2) is 48.5 Å². The van der Waals surface area contributed by atoms with Crippen molar-refractivity contribution in [1.82, 2.24) is 10.6 Å². The van der Waals surface area contributed by atoms with Crippen molar-refractivity contribution in [1.29, 1.82) is 0 Å². The number of aryl methyl sites for hydroxylation is 1. The number of nitrogens with one attached hydrogen (secondary N) is 2. The molecule has 2 atom stereocenters. The molecule has 4 N–H and O–H groups in total. The predicted octanol–water partition coefficient (Wildman–Crippen LogP) is 3.95. The van der Waals surface area contributed by atoms with Gasteiger partial charge < -0.3 is 21.1 Å². The molecular weight excluding hydrogens is 418 g/mol. The van der Waals surface area contributed by atoms with Crippen molar-refractivity contribution in [3.63, 3.8) is 0 Å². The average Bonchev–Trinajstić information content (AvgIpc) is 2.66. The van der Waals surface area contributed by atoms with E-state index in [1.54, 1.807) is 38.1 Å². The molecule has 0 aromatic heterocycles. The summed E-state index contributed by atoms with van der Waals surface area (Å²) < 4.78 is 5.23. The van der Waals surface area contributed by atoms with Gasteiger partial charge in [-0.05, 0) is 38.0 Å². The highest BCUT2D eigenvalue weighted by molar-refractivity contribution is 6.31. The van der Waals surface area contributed by atoms with Crippen LogP contribution in [0.25, 0.3) is 0 Å². The van der Waals surface area contributed by atoms with E-state index in [4.69, 9.17) is 22.1 Å². The lowest BCUT2D eigenvalue weighted by Crippen LogP contribution is -2.38. The Morgan fingerprint density at radius 3 is 2.32 bits per heavy atom. The Bertz CT molecular complexity index is 933. The van der Waals surface area contributed by atoms with E-state index < -0.39 is 24.1 Å². The maximum atomic E-state index is 12.9.